The van der Waals surface area contributed by atoms with Crippen LogP contribution in [0.1, 0.15) is 42.0 Å². The van der Waals surface area contributed by atoms with Gasteiger partial charge in [-0.2, -0.15) is 13.2 Å². The molecule has 0 spiro atoms. The molecular formula is C32H35F4N5. The van der Waals surface area contributed by atoms with E-state index in [1.54, 1.807) is 12.1 Å². The molecule has 1 heterocycles. The maximum absolute atomic E-state index is 14.3. The van der Waals surface area contributed by atoms with Crippen LogP contribution in [-0.4, -0.2) is 30.4 Å². The highest BCUT2D eigenvalue weighted by atomic mass is 19.4. The molecule has 3 aromatic carbocycles. The summed E-state index contributed by atoms with van der Waals surface area (Å²) in [6.07, 6.45) is -3.11. The van der Waals surface area contributed by atoms with E-state index >= 15 is 0 Å². The molecule has 1 aliphatic rings. The average Bonchev–Trinajstić information content (AvgIpc) is 2.95. The largest absolute Gasteiger partial charge is 0.416 e. The molecule has 41 heavy (non-hydrogen) atoms. The molecule has 5 nitrogen and oxygen atoms in total. The maximum Gasteiger partial charge on any atom is 0.416 e. The predicted octanol–water partition coefficient (Wildman–Crippen LogP) is 6.94. The van der Waals surface area contributed by atoms with Gasteiger partial charge >= 0.3 is 6.18 Å². The summed E-state index contributed by atoms with van der Waals surface area (Å²) in [5.74, 6) is -0.106. The van der Waals surface area contributed by atoms with E-state index in [0.29, 0.717) is 60.1 Å². The summed E-state index contributed by atoms with van der Waals surface area (Å²) in [5.41, 5.74) is 9.85. The Bertz CT molecular complexity index is 1410. The summed E-state index contributed by atoms with van der Waals surface area (Å²) < 4.78 is 55.3. The number of amidine groups is 1. The molecule has 4 rings (SSSR count). The molecule has 1 aliphatic heterocycles. The Morgan fingerprint density at radius 1 is 1.05 bits per heavy atom. The molecule has 0 radical (unpaired) electrons. The number of rotatable bonds is 10. The van der Waals surface area contributed by atoms with Gasteiger partial charge in [0.05, 0.1) is 12.1 Å². The fourth-order valence-electron chi connectivity index (χ4n) is 4.79. The van der Waals surface area contributed by atoms with Gasteiger partial charge in [-0.3, -0.25) is 9.89 Å². The smallest absolute Gasteiger partial charge is 0.401 e. The zero-order valence-corrected chi connectivity index (χ0v) is 23.1. The second kappa shape index (κ2) is 13.5. The predicted molar refractivity (Wildman–Crippen MR) is 157 cm³/mol. The number of nitrogens with one attached hydrogen (secondary N) is 2. The third kappa shape index (κ3) is 7.98. The first-order chi connectivity index (χ1) is 19.7. The lowest BCUT2D eigenvalue weighted by Gasteiger charge is -2.30. The van der Waals surface area contributed by atoms with E-state index < -0.39 is 17.6 Å². The van der Waals surface area contributed by atoms with Crippen molar-refractivity contribution < 1.29 is 17.6 Å². The van der Waals surface area contributed by atoms with Crippen molar-refractivity contribution in [3.05, 3.63) is 119 Å². The highest BCUT2D eigenvalue weighted by Crippen LogP contribution is 2.32. The van der Waals surface area contributed by atoms with Gasteiger partial charge < -0.3 is 16.4 Å². The molecule has 0 aromatic heterocycles. The number of nitrogens with two attached hydrogens (primary N) is 1. The Morgan fingerprint density at radius 3 is 2.49 bits per heavy atom. The molecule has 0 bridgehead atoms. The molecule has 0 amide bonds. The first-order valence-electron chi connectivity index (χ1n) is 13.6. The quantitative estimate of drug-likeness (QED) is 0.142. The van der Waals surface area contributed by atoms with Gasteiger partial charge in [0.25, 0.3) is 0 Å². The van der Waals surface area contributed by atoms with Crippen molar-refractivity contribution in [2.75, 3.05) is 25.0 Å². The van der Waals surface area contributed by atoms with Gasteiger partial charge in [-0.1, -0.05) is 62.0 Å². The lowest BCUT2D eigenvalue weighted by Crippen LogP contribution is -2.38. The summed E-state index contributed by atoms with van der Waals surface area (Å²) >= 11 is 0. The molecule has 216 valence electrons. The van der Waals surface area contributed by atoms with Crippen LogP contribution in [0.25, 0.3) is 5.70 Å². The van der Waals surface area contributed by atoms with Crippen molar-refractivity contribution in [1.82, 2.24) is 10.2 Å². The van der Waals surface area contributed by atoms with Crippen LogP contribution in [0.2, 0.25) is 0 Å². The fourth-order valence-corrected chi connectivity index (χ4v) is 4.79. The van der Waals surface area contributed by atoms with Crippen LogP contribution >= 0.6 is 0 Å². The Kier molecular flexibility index (Phi) is 9.83. The first-order valence-corrected chi connectivity index (χ1v) is 13.6. The summed E-state index contributed by atoms with van der Waals surface area (Å²) in [5, 5.41) is 6.45. The molecule has 0 aliphatic carbocycles. The van der Waals surface area contributed by atoms with Crippen LogP contribution in [0.5, 0.6) is 0 Å². The van der Waals surface area contributed by atoms with Crippen LogP contribution in [-0.2, 0) is 19.3 Å². The van der Waals surface area contributed by atoms with Crippen LogP contribution in [0, 0.1) is 5.82 Å². The molecule has 3 aromatic rings. The number of hydrogen-bond donors (Lipinski definition) is 3. The summed E-state index contributed by atoms with van der Waals surface area (Å²) in [6.45, 7) is 8.47. The second-order valence-corrected chi connectivity index (χ2v) is 9.99. The van der Waals surface area contributed by atoms with Crippen molar-refractivity contribution in [2.24, 2.45) is 10.7 Å². The molecule has 0 saturated carbocycles. The summed E-state index contributed by atoms with van der Waals surface area (Å²) in [4.78, 5) is 6.81. The molecule has 0 fully saturated rings. The molecule has 9 heteroatoms. The molecule has 4 N–H and O–H groups in total. The topological polar surface area (TPSA) is 65.7 Å². The first kappa shape index (κ1) is 29.9. The van der Waals surface area contributed by atoms with Gasteiger partial charge in [0.2, 0.25) is 0 Å². The number of anilines is 1. The van der Waals surface area contributed by atoms with Crippen LogP contribution < -0.4 is 16.4 Å². The third-order valence-electron chi connectivity index (χ3n) is 6.87. The zero-order valence-electron chi connectivity index (χ0n) is 23.1. The van der Waals surface area contributed by atoms with Crippen molar-refractivity contribution in [3.63, 3.8) is 0 Å². The second-order valence-electron chi connectivity index (χ2n) is 9.99. The van der Waals surface area contributed by atoms with Gasteiger partial charge in [-0.15, -0.1) is 0 Å². The van der Waals surface area contributed by atoms with E-state index in [2.05, 4.69) is 39.2 Å². The van der Waals surface area contributed by atoms with E-state index in [4.69, 9.17) is 5.73 Å². The standard InChI is InChI=1S/C32H35F4N5/c1-3-16-38-30-14-13-25(33)18-27(30)22(2)40-31(39-19-24-11-7-8-12-28(24)32(34,35)36)26-15-17-41(21-29(26)37)20-23-9-5-4-6-10-23/h4-14,18,38H,2-3,15-17,19-21,37H2,1H3,(H,39,40). The van der Waals surface area contributed by atoms with E-state index in [1.807, 2.05) is 25.1 Å². The molecule has 0 atom stereocenters. The Balaban J connectivity index is 1.66. The van der Waals surface area contributed by atoms with E-state index in [0.717, 1.165) is 24.6 Å². The Morgan fingerprint density at radius 2 is 1.78 bits per heavy atom. The summed E-state index contributed by atoms with van der Waals surface area (Å²) in [7, 11) is 0. The van der Waals surface area contributed by atoms with Crippen molar-refractivity contribution >= 4 is 17.2 Å². The number of benzene rings is 3. The van der Waals surface area contributed by atoms with E-state index in [-0.39, 0.29) is 12.1 Å². The number of halogens is 4. The third-order valence-corrected chi connectivity index (χ3v) is 6.87. The van der Waals surface area contributed by atoms with Gasteiger partial charge in [0.1, 0.15) is 11.7 Å². The maximum atomic E-state index is 14.3. The number of hydrogen-bond acceptors (Lipinski definition) is 4. The fraction of sp³-hybridized carbons (Fsp3) is 0.281. The minimum atomic E-state index is -4.51. The lowest BCUT2D eigenvalue weighted by molar-refractivity contribution is -0.138. The molecular weight excluding hydrogens is 530 g/mol. The van der Waals surface area contributed by atoms with Crippen molar-refractivity contribution in [1.29, 1.82) is 0 Å². The van der Waals surface area contributed by atoms with E-state index in [9.17, 15) is 17.6 Å². The van der Waals surface area contributed by atoms with Gasteiger partial charge in [-0.05, 0) is 48.2 Å². The highest BCUT2D eigenvalue weighted by molar-refractivity contribution is 6.04. The highest BCUT2D eigenvalue weighted by Gasteiger charge is 2.33. The number of nitrogens with zero attached hydrogens (tertiary/aromatic N) is 2. The minimum Gasteiger partial charge on any atom is -0.401 e. The van der Waals surface area contributed by atoms with E-state index in [1.165, 1.54) is 24.3 Å². The monoisotopic (exact) mass is 565 g/mol. The van der Waals surface area contributed by atoms with Gasteiger partial charge in [0, 0.05) is 54.4 Å². The molecule has 0 unspecified atom stereocenters. The van der Waals surface area contributed by atoms with Crippen LogP contribution in [0.15, 0.2) is 95.6 Å². The normalized spacial score (nSPS) is 14.7. The van der Waals surface area contributed by atoms with Crippen molar-refractivity contribution in [2.45, 2.75) is 39.0 Å². The van der Waals surface area contributed by atoms with Crippen molar-refractivity contribution in [3.8, 4) is 0 Å². The van der Waals surface area contributed by atoms with Crippen LogP contribution in [0.4, 0.5) is 23.2 Å². The van der Waals surface area contributed by atoms with Gasteiger partial charge in [-0.25, -0.2) is 4.39 Å². The average molecular weight is 566 g/mol. The summed E-state index contributed by atoms with van der Waals surface area (Å²) in [6, 6.07) is 19.8. The molecule has 0 saturated heterocycles. The lowest BCUT2D eigenvalue weighted by atomic mass is 10.0. The Labute approximate surface area is 238 Å². The zero-order chi connectivity index (χ0) is 29.4. The van der Waals surface area contributed by atoms with Crippen LogP contribution in [0.3, 0.4) is 0 Å². The van der Waals surface area contributed by atoms with Gasteiger partial charge in [0.15, 0.2) is 0 Å². The minimum absolute atomic E-state index is 0.0432. The Hall–Kier alpha value is -4.11. The number of alkyl halides is 3. The SMILES string of the molecule is C=C(NC(=NCc1ccccc1C(F)(F)F)C1=C(N)CN(Cc2ccccc2)CC1)c1cc(F)ccc1NCCC. The number of aliphatic imine (C=N–C) groups is 1.